The molecule has 2 N–H and O–H groups in total. The first-order chi connectivity index (χ1) is 9.65. The van der Waals surface area contributed by atoms with Gasteiger partial charge < -0.3 is 5.73 Å². The molecule has 3 rings (SSSR count). The monoisotopic (exact) mass is 304 g/mol. The summed E-state index contributed by atoms with van der Waals surface area (Å²) in [5, 5.41) is 1.02. The standard InChI is InChI=1S/C14H10Cl2N4/c15-11-3-2-10(5-12(11)16)20-8-18-7-13(20)9-1-4-14(17)19-6-9/h1-8H,(H2,17,19). The lowest BCUT2D eigenvalue weighted by Crippen LogP contribution is -1.96. The molecule has 0 saturated carbocycles. The van der Waals surface area contributed by atoms with Gasteiger partial charge in [0.25, 0.3) is 0 Å². The van der Waals surface area contributed by atoms with E-state index in [1.807, 2.05) is 16.7 Å². The Hall–Kier alpha value is -2.04. The van der Waals surface area contributed by atoms with Gasteiger partial charge >= 0.3 is 0 Å². The van der Waals surface area contributed by atoms with Gasteiger partial charge in [-0.05, 0) is 30.3 Å². The molecule has 1 aromatic carbocycles. The molecule has 0 atom stereocenters. The van der Waals surface area contributed by atoms with Gasteiger partial charge in [-0.25, -0.2) is 9.97 Å². The van der Waals surface area contributed by atoms with Crippen molar-refractivity contribution in [1.82, 2.24) is 14.5 Å². The summed E-state index contributed by atoms with van der Waals surface area (Å²) in [5.74, 6) is 0.481. The van der Waals surface area contributed by atoms with Crippen LogP contribution in [-0.2, 0) is 0 Å². The number of hydrogen-bond donors (Lipinski definition) is 1. The Kier molecular flexibility index (Phi) is 3.34. The van der Waals surface area contributed by atoms with Gasteiger partial charge in [-0.1, -0.05) is 23.2 Å². The molecule has 6 heteroatoms. The van der Waals surface area contributed by atoms with Gasteiger partial charge in [0.1, 0.15) is 5.82 Å². The average Bonchev–Trinajstić information content (AvgIpc) is 2.92. The van der Waals surface area contributed by atoms with Crippen LogP contribution in [0.15, 0.2) is 49.1 Å². The number of aromatic nitrogens is 3. The normalized spacial score (nSPS) is 10.7. The summed E-state index contributed by atoms with van der Waals surface area (Å²) in [5.41, 5.74) is 8.30. The number of nitrogens with zero attached hydrogens (tertiary/aromatic N) is 3. The molecule has 3 aromatic rings. The molecule has 0 aliphatic rings. The number of benzene rings is 1. The number of hydrogen-bond acceptors (Lipinski definition) is 3. The molecule has 0 unspecified atom stereocenters. The maximum absolute atomic E-state index is 6.06. The number of rotatable bonds is 2. The third-order valence-electron chi connectivity index (χ3n) is 2.90. The zero-order valence-electron chi connectivity index (χ0n) is 10.3. The van der Waals surface area contributed by atoms with E-state index in [2.05, 4.69) is 9.97 Å². The van der Waals surface area contributed by atoms with E-state index in [4.69, 9.17) is 28.9 Å². The highest BCUT2D eigenvalue weighted by Gasteiger charge is 2.08. The Bertz CT molecular complexity index is 750. The molecule has 2 aromatic heterocycles. The summed E-state index contributed by atoms with van der Waals surface area (Å²) in [4.78, 5) is 8.27. The lowest BCUT2D eigenvalue weighted by atomic mass is 10.2. The molecule has 0 radical (unpaired) electrons. The maximum Gasteiger partial charge on any atom is 0.123 e. The first-order valence-corrected chi connectivity index (χ1v) is 6.60. The van der Waals surface area contributed by atoms with Crippen molar-refractivity contribution in [3.8, 4) is 16.9 Å². The van der Waals surface area contributed by atoms with Crippen LogP contribution >= 0.6 is 23.2 Å². The van der Waals surface area contributed by atoms with Crippen molar-refractivity contribution in [1.29, 1.82) is 0 Å². The van der Waals surface area contributed by atoms with Crippen LogP contribution in [0.25, 0.3) is 16.9 Å². The number of nitrogen functional groups attached to an aromatic ring is 1. The van der Waals surface area contributed by atoms with E-state index in [9.17, 15) is 0 Å². The van der Waals surface area contributed by atoms with Crippen LogP contribution in [0.4, 0.5) is 5.82 Å². The van der Waals surface area contributed by atoms with Crippen LogP contribution in [-0.4, -0.2) is 14.5 Å². The number of pyridine rings is 1. The van der Waals surface area contributed by atoms with Crippen molar-refractivity contribution in [2.75, 3.05) is 5.73 Å². The van der Waals surface area contributed by atoms with E-state index in [0.29, 0.717) is 15.9 Å². The third kappa shape index (κ3) is 2.35. The predicted octanol–water partition coefficient (Wildman–Crippen LogP) is 3.82. The Morgan fingerprint density at radius 2 is 1.85 bits per heavy atom. The Morgan fingerprint density at radius 1 is 1.00 bits per heavy atom. The molecular formula is C14H10Cl2N4. The Balaban J connectivity index is 2.10. The van der Waals surface area contributed by atoms with Crippen molar-refractivity contribution in [3.05, 3.63) is 59.1 Å². The Morgan fingerprint density at radius 3 is 2.55 bits per heavy atom. The molecule has 100 valence electrons. The van der Waals surface area contributed by atoms with Crippen molar-refractivity contribution in [2.45, 2.75) is 0 Å². The molecule has 2 heterocycles. The smallest absolute Gasteiger partial charge is 0.123 e. The number of halogens is 2. The SMILES string of the molecule is Nc1ccc(-c2cncn2-c2ccc(Cl)c(Cl)c2)cn1. The molecule has 0 saturated heterocycles. The number of imidazole rings is 1. The van der Waals surface area contributed by atoms with Gasteiger partial charge in [0.15, 0.2) is 0 Å². The van der Waals surface area contributed by atoms with Gasteiger partial charge in [-0.15, -0.1) is 0 Å². The van der Waals surface area contributed by atoms with E-state index in [1.54, 1.807) is 36.9 Å². The fourth-order valence-corrected chi connectivity index (χ4v) is 2.20. The first-order valence-electron chi connectivity index (χ1n) is 5.85. The second kappa shape index (κ2) is 5.15. The molecule has 0 aliphatic heterocycles. The highest BCUT2D eigenvalue weighted by molar-refractivity contribution is 6.42. The largest absolute Gasteiger partial charge is 0.384 e. The van der Waals surface area contributed by atoms with Gasteiger partial charge in [0.2, 0.25) is 0 Å². The van der Waals surface area contributed by atoms with Crippen molar-refractivity contribution < 1.29 is 0 Å². The van der Waals surface area contributed by atoms with Crippen molar-refractivity contribution in [3.63, 3.8) is 0 Å². The molecule has 0 amide bonds. The van der Waals surface area contributed by atoms with Gasteiger partial charge in [0.05, 0.1) is 28.3 Å². The summed E-state index contributed by atoms with van der Waals surface area (Å²) in [6.45, 7) is 0. The van der Waals surface area contributed by atoms with Crippen molar-refractivity contribution in [2.24, 2.45) is 0 Å². The zero-order chi connectivity index (χ0) is 14.1. The minimum absolute atomic E-state index is 0.481. The molecule has 0 aliphatic carbocycles. The predicted molar refractivity (Wildman–Crippen MR) is 81.2 cm³/mol. The molecular weight excluding hydrogens is 295 g/mol. The zero-order valence-corrected chi connectivity index (χ0v) is 11.8. The minimum atomic E-state index is 0.481. The minimum Gasteiger partial charge on any atom is -0.384 e. The summed E-state index contributed by atoms with van der Waals surface area (Å²) in [6.07, 6.45) is 5.18. The van der Waals surface area contributed by atoms with Crippen LogP contribution in [0.5, 0.6) is 0 Å². The van der Waals surface area contributed by atoms with E-state index < -0.39 is 0 Å². The van der Waals surface area contributed by atoms with Crippen LogP contribution < -0.4 is 5.73 Å². The second-order valence-electron chi connectivity index (χ2n) is 4.22. The highest BCUT2D eigenvalue weighted by Crippen LogP contribution is 2.27. The molecule has 0 spiro atoms. The first kappa shape index (κ1) is 13.0. The fourth-order valence-electron chi connectivity index (χ4n) is 1.91. The fraction of sp³-hybridized carbons (Fsp3) is 0. The summed E-state index contributed by atoms with van der Waals surface area (Å²) >= 11 is 12.0. The number of anilines is 1. The van der Waals surface area contributed by atoms with Crippen LogP contribution in [0, 0.1) is 0 Å². The van der Waals surface area contributed by atoms with E-state index >= 15 is 0 Å². The van der Waals surface area contributed by atoms with E-state index in [0.717, 1.165) is 16.9 Å². The summed E-state index contributed by atoms with van der Waals surface area (Å²) in [7, 11) is 0. The summed E-state index contributed by atoms with van der Waals surface area (Å²) < 4.78 is 1.91. The summed E-state index contributed by atoms with van der Waals surface area (Å²) in [6, 6.07) is 9.07. The Labute approximate surface area is 125 Å². The molecule has 0 fully saturated rings. The van der Waals surface area contributed by atoms with Crippen LogP contribution in [0.3, 0.4) is 0 Å². The lowest BCUT2D eigenvalue weighted by Gasteiger charge is -2.09. The molecule has 0 bridgehead atoms. The maximum atomic E-state index is 6.06. The second-order valence-corrected chi connectivity index (χ2v) is 5.03. The number of nitrogens with two attached hydrogens (primary N) is 1. The average molecular weight is 305 g/mol. The molecule has 4 nitrogen and oxygen atoms in total. The van der Waals surface area contributed by atoms with Gasteiger partial charge in [-0.3, -0.25) is 4.57 Å². The lowest BCUT2D eigenvalue weighted by molar-refractivity contribution is 1.06. The quantitative estimate of drug-likeness (QED) is 0.783. The van der Waals surface area contributed by atoms with Gasteiger partial charge in [0, 0.05) is 17.4 Å². The van der Waals surface area contributed by atoms with Gasteiger partial charge in [-0.2, -0.15) is 0 Å². The van der Waals surface area contributed by atoms with Crippen molar-refractivity contribution >= 4 is 29.0 Å². The van der Waals surface area contributed by atoms with Crippen LogP contribution in [0.2, 0.25) is 10.0 Å². The van der Waals surface area contributed by atoms with E-state index in [1.165, 1.54) is 0 Å². The van der Waals surface area contributed by atoms with Crippen LogP contribution in [0.1, 0.15) is 0 Å². The third-order valence-corrected chi connectivity index (χ3v) is 3.64. The highest BCUT2D eigenvalue weighted by atomic mass is 35.5. The molecule has 20 heavy (non-hydrogen) atoms. The van der Waals surface area contributed by atoms with E-state index in [-0.39, 0.29) is 0 Å². The topological polar surface area (TPSA) is 56.7 Å².